The third-order valence-electron chi connectivity index (χ3n) is 6.52. The number of nitrogens with zero attached hydrogens (tertiary/aromatic N) is 3. The molecule has 0 spiro atoms. The Hall–Kier alpha value is -1.74. The number of sulfonamides is 1. The Morgan fingerprint density at radius 1 is 1.13 bits per heavy atom. The number of thiophene rings is 1. The second-order valence-electron chi connectivity index (χ2n) is 8.48. The van der Waals surface area contributed by atoms with Gasteiger partial charge < -0.3 is 9.80 Å². The lowest BCUT2D eigenvalue weighted by molar-refractivity contribution is -0.131. The molecule has 0 N–H and O–H groups in total. The van der Waals surface area contributed by atoms with Gasteiger partial charge in [-0.3, -0.25) is 4.79 Å². The van der Waals surface area contributed by atoms with E-state index in [0.29, 0.717) is 36.7 Å². The molecule has 0 aliphatic carbocycles. The molecule has 0 saturated carbocycles. The molecule has 2 aliphatic heterocycles. The first-order chi connectivity index (χ1) is 14.3. The van der Waals surface area contributed by atoms with Gasteiger partial charge >= 0.3 is 0 Å². The number of rotatable bonds is 6. The number of likely N-dealkylation sites (tertiary alicyclic amines) is 1. The minimum Gasteiger partial charge on any atom is -0.340 e. The Morgan fingerprint density at radius 2 is 1.90 bits per heavy atom. The van der Waals surface area contributed by atoms with Gasteiger partial charge in [0.1, 0.15) is 4.21 Å². The maximum atomic E-state index is 13.5. The van der Waals surface area contributed by atoms with Crippen molar-refractivity contribution in [1.82, 2.24) is 14.1 Å². The number of fused-ring (bicyclic) bond motifs is 1. The Kier molecular flexibility index (Phi) is 6.03. The van der Waals surface area contributed by atoms with Crippen molar-refractivity contribution in [3.63, 3.8) is 0 Å². The van der Waals surface area contributed by atoms with Crippen LogP contribution < -0.4 is 0 Å². The summed E-state index contributed by atoms with van der Waals surface area (Å²) in [6.45, 7) is 2.29. The second kappa shape index (κ2) is 8.42. The largest absolute Gasteiger partial charge is 0.340 e. The van der Waals surface area contributed by atoms with Crippen LogP contribution in [-0.2, 0) is 20.2 Å². The quantitative estimate of drug-likeness (QED) is 0.683. The third kappa shape index (κ3) is 3.82. The van der Waals surface area contributed by atoms with E-state index in [2.05, 4.69) is 17.0 Å². The van der Waals surface area contributed by atoms with Gasteiger partial charge in [-0.1, -0.05) is 36.4 Å². The van der Waals surface area contributed by atoms with Crippen LogP contribution in [0.25, 0.3) is 0 Å². The molecule has 0 radical (unpaired) electrons. The highest BCUT2D eigenvalue weighted by molar-refractivity contribution is 7.91. The zero-order valence-corrected chi connectivity index (χ0v) is 19.2. The van der Waals surface area contributed by atoms with Crippen LogP contribution >= 0.6 is 11.3 Å². The first-order valence-corrected chi connectivity index (χ1v) is 12.7. The summed E-state index contributed by atoms with van der Waals surface area (Å²) < 4.78 is 29.1. The van der Waals surface area contributed by atoms with Gasteiger partial charge in [0.25, 0.3) is 10.0 Å². The van der Waals surface area contributed by atoms with Gasteiger partial charge in [-0.2, -0.15) is 4.31 Å². The van der Waals surface area contributed by atoms with E-state index < -0.39 is 10.0 Å². The van der Waals surface area contributed by atoms with Gasteiger partial charge in [0, 0.05) is 38.0 Å². The number of benzene rings is 1. The predicted molar refractivity (Wildman–Crippen MR) is 119 cm³/mol. The van der Waals surface area contributed by atoms with E-state index in [1.165, 1.54) is 11.3 Å². The van der Waals surface area contributed by atoms with Crippen LogP contribution in [-0.4, -0.2) is 74.7 Å². The number of likely N-dealkylation sites (N-methyl/N-ethyl adjacent to an activating group) is 1. The lowest BCUT2D eigenvalue weighted by atomic mass is 9.71. The maximum absolute atomic E-state index is 13.5. The number of hydrogen-bond donors (Lipinski definition) is 0. The molecule has 30 heavy (non-hydrogen) atoms. The van der Waals surface area contributed by atoms with Crippen LogP contribution in [0.3, 0.4) is 0 Å². The highest BCUT2D eigenvalue weighted by Crippen LogP contribution is 2.47. The van der Waals surface area contributed by atoms with Crippen LogP contribution in [0.4, 0.5) is 0 Å². The number of amides is 1. The summed E-state index contributed by atoms with van der Waals surface area (Å²) in [6, 6.07) is 13.4. The summed E-state index contributed by atoms with van der Waals surface area (Å²) in [5.74, 6) is 0.120. The minimum atomic E-state index is -3.60. The first-order valence-electron chi connectivity index (χ1n) is 10.4. The summed E-state index contributed by atoms with van der Waals surface area (Å²) in [7, 11) is 0.375. The van der Waals surface area contributed by atoms with Crippen LogP contribution in [0, 0.1) is 0 Å². The Labute approximate surface area is 183 Å². The zero-order valence-electron chi connectivity index (χ0n) is 17.5. The number of carbonyl (C=O) groups excluding carboxylic acids is 1. The molecule has 2 atom stereocenters. The molecule has 8 heteroatoms. The molecular weight excluding hydrogens is 418 g/mol. The average molecular weight is 448 g/mol. The molecule has 2 fully saturated rings. The highest BCUT2D eigenvalue weighted by Gasteiger charge is 2.54. The van der Waals surface area contributed by atoms with Crippen LogP contribution in [0.15, 0.2) is 52.1 Å². The molecular formula is C22H29N3O3S2. The summed E-state index contributed by atoms with van der Waals surface area (Å²) in [4.78, 5) is 16.9. The van der Waals surface area contributed by atoms with E-state index in [0.717, 1.165) is 18.5 Å². The minimum absolute atomic E-state index is 0.120. The van der Waals surface area contributed by atoms with Crippen molar-refractivity contribution < 1.29 is 13.2 Å². The van der Waals surface area contributed by atoms with Crippen molar-refractivity contribution in [3.05, 3.63) is 53.4 Å². The molecule has 1 amide bonds. The first kappa shape index (κ1) is 21.5. The third-order valence-corrected chi connectivity index (χ3v) is 9.80. The Bertz CT molecular complexity index is 976. The van der Waals surface area contributed by atoms with Gasteiger partial charge in [0.05, 0.1) is 6.04 Å². The fourth-order valence-electron chi connectivity index (χ4n) is 4.87. The van der Waals surface area contributed by atoms with E-state index >= 15 is 0 Å². The van der Waals surface area contributed by atoms with Crippen LogP contribution in [0.2, 0.25) is 0 Å². The van der Waals surface area contributed by atoms with Crippen molar-refractivity contribution in [3.8, 4) is 0 Å². The lowest BCUT2D eigenvalue weighted by Gasteiger charge is -2.38. The summed E-state index contributed by atoms with van der Waals surface area (Å²) in [6.07, 6.45) is 1.86. The molecule has 1 aromatic carbocycles. The van der Waals surface area contributed by atoms with Gasteiger partial charge in [-0.15, -0.1) is 11.3 Å². The zero-order chi connectivity index (χ0) is 21.4. The molecule has 2 aromatic rings. The number of carbonyl (C=O) groups is 1. The lowest BCUT2D eigenvalue weighted by Crippen LogP contribution is -2.51. The summed E-state index contributed by atoms with van der Waals surface area (Å²) in [5.41, 5.74) is 0.801. The average Bonchev–Trinajstić information content (AvgIpc) is 3.37. The van der Waals surface area contributed by atoms with Crippen molar-refractivity contribution in [1.29, 1.82) is 0 Å². The smallest absolute Gasteiger partial charge is 0.252 e. The fourth-order valence-corrected chi connectivity index (χ4v) is 7.67. The van der Waals surface area contributed by atoms with E-state index in [-0.39, 0.29) is 17.4 Å². The van der Waals surface area contributed by atoms with Gasteiger partial charge in [0.15, 0.2) is 0 Å². The fraction of sp³-hybridized carbons (Fsp3) is 0.500. The van der Waals surface area contributed by atoms with Crippen molar-refractivity contribution in [2.24, 2.45) is 0 Å². The molecule has 4 rings (SSSR count). The van der Waals surface area contributed by atoms with Crippen LogP contribution in [0.5, 0.6) is 0 Å². The van der Waals surface area contributed by atoms with E-state index in [1.54, 1.807) is 21.8 Å². The number of hydrogen-bond acceptors (Lipinski definition) is 5. The molecule has 2 aliphatic rings. The van der Waals surface area contributed by atoms with Crippen molar-refractivity contribution in [2.75, 3.05) is 40.3 Å². The highest BCUT2D eigenvalue weighted by atomic mass is 32.2. The molecule has 1 aromatic heterocycles. The van der Waals surface area contributed by atoms with E-state index in [4.69, 9.17) is 0 Å². The van der Waals surface area contributed by atoms with Crippen molar-refractivity contribution >= 4 is 27.3 Å². The second-order valence-corrected chi connectivity index (χ2v) is 11.5. The van der Waals surface area contributed by atoms with Crippen molar-refractivity contribution in [2.45, 2.75) is 34.9 Å². The maximum Gasteiger partial charge on any atom is 0.252 e. The summed E-state index contributed by atoms with van der Waals surface area (Å²) in [5, 5.41) is 1.80. The van der Waals surface area contributed by atoms with E-state index in [9.17, 15) is 13.2 Å². The molecule has 3 heterocycles. The van der Waals surface area contributed by atoms with Gasteiger partial charge in [-0.05, 0) is 43.9 Å². The molecule has 0 bridgehead atoms. The SMILES string of the molecule is CN(C)CCN1C[C@@H]2N(S(=O)(=O)c3cccs3)CC[C@]2(c2ccccc2)CCC1=O. The summed E-state index contributed by atoms with van der Waals surface area (Å²) >= 11 is 1.25. The van der Waals surface area contributed by atoms with Crippen LogP contribution in [0.1, 0.15) is 24.8 Å². The van der Waals surface area contributed by atoms with E-state index in [1.807, 2.05) is 37.2 Å². The molecule has 0 unspecified atom stereocenters. The standard InChI is InChI=1S/C22H29N3O3S2/c1-23(2)14-15-24-17-19-22(11-10-20(24)26,18-7-4-3-5-8-18)12-13-25(19)30(27,28)21-9-6-16-29-21/h3-9,16,19H,10-15,17H2,1-2H3/t19-,22-/m0/s1. The van der Waals surface area contributed by atoms with Gasteiger partial charge in [-0.25, -0.2) is 8.42 Å². The Balaban J connectivity index is 1.76. The molecule has 162 valence electrons. The Morgan fingerprint density at radius 3 is 2.57 bits per heavy atom. The molecule has 2 saturated heterocycles. The monoisotopic (exact) mass is 447 g/mol. The normalized spacial score (nSPS) is 25.5. The van der Waals surface area contributed by atoms with Gasteiger partial charge in [0.2, 0.25) is 5.91 Å². The topological polar surface area (TPSA) is 60.9 Å². The molecule has 6 nitrogen and oxygen atoms in total. The predicted octanol–water partition coefficient (Wildman–Crippen LogP) is 2.63.